The van der Waals surface area contributed by atoms with E-state index in [4.69, 9.17) is 0 Å². The van der Waals surface area contributed by atoms with Crippen LogP contribution in [-0.4, -0.2) is 17.8 Å². The zero-order valence-corrected chi connectivity index (χ0v) is 12.6. The number of amides is 1. The molecule has 0 radical (unpaired) electrons. The zero-order valence-electron chi connectivity index (χ0n) is 11.0. The van der Waals surface area contributed by atoms with Gasteiger partial charge in [0.25, 0.3) is 0 Å². The van der Waals surface area contributed by atoms with Crippen molar-refractivity contribution >= 4 is 21.8 Å². The van der Waals surface area contributed by atoms with E-state index in [0.29, 0.717) is 11.8 Å². The number of hydrogen-bond donors (Lipinski definition) is 1. The molecule has 17 heavy (non-hydrogen) atoms. The van der Waals surface area contributed by atoms with Crippen LogP contribution in [0.4, 0.5) is 0 Å². The van der Waals surface area contributed by atoms with Crippen molar-refractivity contribution in [2.75, 3.05) is 11.9 Å². The van der Waals surface area contributed by atoms with Crippen molar-refractivity contribution in [3.8, 4) is 0 Å². The minimum Gasteiger partial charge on any atom is -0.355 e. The monoisotopic (exact) mass is 301 g/mol. The maximum Gasteiger partial charge on any atom is 0.223 e. The average Bonchev–Trinajstić information content (AvgIpc) is 2.91. The molecule has 98 valence electrons. The van der Waals surface area contributed by atoms with Crippen LogP contribution < -0.4 is 5.32 Å². The predicted molar refractivity (Wildman–Crippen MR) is 74.1 cm³/mol. The summed E-state index contributed by atoms with van der Waals surface area (Å²) in [4.78, 5) is 12.0. The van der Waals surface area contributed by atoms with Gasteiger partial charge in [0.1, 0.15) is 0 Å². The molecule has 2 fully saturated rings. The van der Waals surface area contributed by atoms with E-state index in [2.05, 4.69) is 35.1 Å². The second-order valence-corrected chi connectivity index (χ2v) is 7.39. The van der Waals surface area contributed by atoms with Gasteiger partial charge in [-0.25, -0.2) is 0 Å². The highest BCUT2D eigenvalue weighted by Gasteiger charge is 2.47. The van der Waals surface area contributed by atoms with Gasteiger partial charge in [-0.15, -0.1) is 0 Å². The Labute approximate surface area is 113 Å². The Kier molecular flexibility index (Phi) is 4.17. The van der Waals surface area contributed by atoms with Crippen LogP contribution in [0.5, 0.6) is 0 Å². The highest BCUT2D eigenvalue weighted by atomic mass is 79.9. The fourth-order valence-corrected chi connectivity index (χ4v) is 3.31. The zero-order chi connectivity index (χ0) is 12.5. The minimum atomic E-state index is 0.227. The quantitative estimate of drug-likeness (QED) is 0.749. The van der Waals surface area contributed by atoms with E-state index in [0.717, 1.165) is 43.0 Å². The van der Waals surface area contributed by atoms with Gasteiger partial charge in [0.15, 0.2) is 0 Å². The highest BCUT2D eigenvalue weighted by molar-refractivity contribution is 9.09. The van der Waals surface area contributed by atoms with Crippen molar-refractivity contribution in [2.45, 2.75) is 46.0 Å². The molecule has 0 aromatic carbocycles. The van der Waals surface area contributed by atoms with Crippen LogP contribution >= 0.6 is 15.9 Å². The van der Waals surface area contributed by atoms with Gasteiger partial charge >= 0.3 is 0 Å². The number of nitrogens with one attached hydrogen (secondary N) is 1. The van der Waals surface area contributed by atoms with E-state index in [9.17, 15) is 4.79 Å². The van der Waals surface area contributed by atoms with E-state index in [-0.39, 0.29) is 5.41 Å². The maximum atomic E-state index is 12.0. The Balaban J connectivity index is 1.68. The van der Waals surface area contributed by atoms with Crippen molar-refractivity contribution in [1.82, 2.24) is 5.32 Å². The first-order valence-corrected chi connectivity index (χ1v) is 7.98. The summed E-state index contributed by atoms with van der Waals surface area (Å²) in [5.41, 5.74) is 0.227. The van der Waals surface area contributed by atoms with Crippen LogP contribution in [0.15, 0.2) is 0 Å². The third kappa shape index (κ3) is 3.70. The summed E-state index contributed by atoms with van der Waals surface area (Å²) in [6, 6.07) is 0. The fourth-order valence-electron chi connectivity index (χ4n) is 3.03. The Morgan fingerprint density at radius 2 is 1.94 bits per heavy atom. The molecule has 2 aliphatic rings. The summed E-state index contributed by atoms with van der Waals surface area (Å²) < 4.78 is 0. The van der Waals surface area contributed by atoms with E-state index in [1.54, 1.807) is 0 Å². The van der Waals surface area contributed by atoms with Gasteiger partial charge in [-0.3, -0.25) is 4.79 Å². The van der Waals surface area contributed by atoms with Crippen molar-refractivity contribution in [3.63, 3.8) is 0 Å². The third-order valence-electron chi connectivity index (χ3n) is 4.34. The lowest BCUT2D eigenvalue weighted by atomic mass is 9.88. The minimum absolute atomic E-state index is 0.227. The highest BCUT2D eigenvalue weighted by Crippen LogP contribution is 2.54. The van der Waals surface area contributed by atoms with Gasteiger partial charge < -0.3 is 5.32 Å². The Morgan fingerprint density at radius 3 is 2.53 bits per heavy atom. The topological polar surface area (TPSA) is 29.1 Å². The molecule has 0 saturated heterocycles. The van der Waals surface area contributed by atoms with Crippen molar-refractivity contribution in [3.05, 3.63) is 0 Å². The number of halogens is 1. The lowest BCUT2D eigenvalue weighted by Crippen LogP contribution is -2.37. The van der Waals surface area contributed by atoms with Crippen LogP contribution in [-0.2, 0) is 4.79 Å². The SMILES string of the molecule is CC(C)(CCCBr)CNC(=O)C1CC2CC2C1. The van der Waals surface area contributed by atoms with Gasteiger partial charge in [-0.1, -0.05) is 29.8 Å². The summed E-state index contributed by atoms with van der Waals surface area (Å²) in [6.07, 6.45) is 6.03. The van der Waals surface area contributed by atoms with Gasteiger partial charge in [0.05, 0.1) is 0 Å². The molecular formula is C14H24BrNO. The average molecular weight is 302 g/mol. The number of rotatable bonds is 6. The molecule has 3 heteroatoms. The molecule has 0 bridgehead atoms. The molecule has 2 unspecified atom stereocenters. The number of alkyl halides is 1. The van der Waals surface area contributed by atoms with Crippen LogP contribution in [0, 0.1) is 23.2 Å². The van der Waals surface area contributed by atoms with Crippen LogP contribution in [0.1, 0.15) is 46.0 Å². The maximum absolute atomic E-state index is 12.0. The second kappa shape index (κ2) is 5.29. The molecule has 1 N–H and O–H groups in total. The molecule has 2 atom stereocenters. The third-order valence-corrected chi connectivity index (χ3v) is 4.90. The Bertz CT molecular complexity index is 280. The fraction of sp³-hybridized carbons (Fsp3) is 0.929. The predicted octanol–water partition coefficient (Wildman–Crippen LogP) is 3.35. The van der Waals surface area contributed by atoms with Crippen LogP contribution in [0.3, 0.4) is 0 Å². The molecule has 0 spiro atoms. The van der Waals surface area contributed by atoms with Crippen molar-refractivity contribution in [2.24, 2.45) is 23.2 Å². The van der Waals surface area contributed by atoms with Crippen LogP contribution in [0.2, 0.25) is 0 Å². The van der Waals surface area contributed by atoms with Gasteiger partial charge in [0, 0.05) is 17.8 Å². The lowest BCUT2D eigenvalue weighted by molar-refractivity contribution is -0.125. The first kappa shape index (κ1) is 13.4. The molecule has 0 aromatic rings. The van der Waals surface area contributed by atoms with E-state index >= 15 is 0 Å². The standard InChI is InChI=1S/C14H24BrNO/c1-14(2,4-3-5-15)9-16-13(17)12-7-10-6-11(10)8-12/h10-12H,3-9H2,1-2H3,(H,16,17). The summed E-state index contributed by atoms with van der Waals surface area (Å²) in [5.74, 6) is 2.43. The number of fused-ring (bicyclic) bond motifs is 1. The molecule has 2 nitrogen and oxygen atoms in total. The summed E-state index contributed by atoms with van der Waals surface area (Å²) >= 11 is 3.46. The number of hydrogen-bond acceptors (Lipinski definition) is 1. The molecule has 0 aromatic heterocycles. The first-order chi connectivity index (χ1) is 8.02. The largest absolute Gasteiger partial charge is 0.355 e. The first-order valence-electron chi connectivity index (χ1n) is 6.85. The molecule has 2 saturated carbocycles. The molecule has 0 heterocycles. The molecular weight excluding hydrogens is 278 g/mol. The van der Waals surface area contributed by atoms with Crippen molar-refractivity contribution in [1.29, 1.82) is 0 Å². The Morgan fingerprint density at radius 1 is 1.29 bits per heavy atom. The summed E-state index contributed by atoms with van der Waals surface area (Å²) in [5, 5.41) is 4.21. The van der Waals surface area contributed by atoms with Gasteiger partial charge in [0.2, 0.25) is 5.91 Å². The molecule has 1 amide bonds. The number of carbonyl (C=O) groups excluding carboxylic acids is 1. The second-order valence-electron chi connectivity index (χ2n) is 6.60. The van der Waals surface area contributed by atoms with Crippen LogP contribution in [0.25, 0.3) is 0 Å². The summed E-state index contributed by atoms with van der Waals surface area (Å²) in [7, 11) is 0. The molecule has 2 aliphatic carbocycles. The van der Waals surface area contributed by atoms with Gasteiger partial charge in [-0.05, 0) is 49.4 Å². The Hall–Kier alpha value is -0.0500. The van der Waals surface area contributed by atoms with E-state index in [1.807, 2.05) is 0 Å². The summed E-state index contributed by atoms with van der Waals surface area (Å²) in [6.45, 7) is 5.30. The molecule has 0 aliphatic heterocycles. The lowest BCUT2D eigenvalue weighted by Gasteiger charge is -2.25. The van der Waals surface area contributed by atoms with Crippen molar-refractivity contribution < 1.29 is 4.79 Å². The molecule has 2 rings (SSSR count). The smallest absolute Gasteiger partial charge is 0.223 e. The van der Waals surface area contributed by atoms with E-state index < -0.39 is 0 Å². The van der Waals surface area contributed by atoms with Gasteiger partial charge in [-0.2, -0.15) is 0 Å². The number of carbonyl (C=O) groups is 1. The normalized spacial score (nSPS) is 31.1. The van der Waals surface area contributed by atoms with E-state index in [1.165, 1.54) is 12.8 Å².